The van der Waals surface area contributed by atoms with Gasteiger partial charge in [0.05, 0.1) is 15.4 Å². The summed E-state index contributed by atoms with van der Waals surface area (Å²) in [5, 5.41) is 5.50. The first-order chi connectivity index (χ1) is 6.45. The molecule has 1 aromatic heterocycles. The van der Waals surface area contributed by atoms with Crippen LogP contribution in [-0.4, -0.2) is 4.98 Å². The number of thiazole rings is 1. The Morgan fingerprint density at radius 3 is 3.38 bits per heavy atom. The fraction of sp³-hybridized carbons (Fsp3) is 0.100. The summed E-state index contributed by atoms with van der Waals surface area (Å²) < 4.78 is 1.32. The van der Waals surface area contributed by atoms with Crippen LogP contribution in [0.15, 0.2) is 28.0 Å². The van der Waals surface area contributed by atoms with Crippen LogP contribution in [0, 0.1) is 0 Å². The van der Waals surface area contributed by atoms with Gasteiger partial charge in [0.2, 0.25) is 0 Å². The van der Waals surface area contributed by atoms with Crippen LogP contribution in [0.2, 0.25) is 0 Å². The number of hydrogen-bond acceptors (Lipinski definition) is 3. The van der Waals surface area contributed by atoms with Crippen molar-refractivity contribution in [3.05, 3.63) is 37.9 Å². The third-order valence-corrected chi connectivity index (χ3v) is 3.77. The van der Waals surface area contributed by atoms with Gasteiger partial charge in [0.1, 0.15) is 0 Å². The van der Waals surface area contributed by atoms with Crippen LogP contribution in [-0.2, 0) is 0 Å². The lowest BCUT2D eigenvalue weighted by Gasteiger charge is -2.11. The lowest BCUT2D eigenvalue weighted by molar-refractivity contribution is 1.24. The van der Waals surface area contributed by atoms with Crippen molar-refractivity contribution in [1.82, 2.24) is 4.98 Å². The van der Waals surface area contributed by atoms with Crippen molar-refractivity contribution in [1.29, 1.82) is 0 Å². The second-order valence-corrected chi connectivity index (χ2v) is 4.64. The standard InChI is InChI=1S/C10H7NS2/c1-2-9-10(11-6-13-9)8-3-4-12-5-7(1)8/h2-6H,1H2. The highest BCUT2D eigenvalue weighted by Crippen LogP contribution is 2.27. The molecular weight excluding hydrogens is 198 g/mol. The van der Waals surface area contributed by atoms with Gasteiger partial charge in [-0.25, -0.2) is 4.98 Å². The van der Waals surface area contributed by atoms with E-state index in [2.05, 4.69) is 28.0 Å². The zero-order valence-corrected chi connectivity index (χ0v) is 8.49. The van der Waals surface area contributed by atoms with E-state index in [1.165, 1.54) is 21.0 Å². The van der Waals surface area contributed by atoms with Gasteiger partial charge < -0.3 is 0 Å². The van der Waals surface area contributed by atoms with Gasteiger partial charge in [-0.1, -0.05) is 6.08 Å². The van der Waals surface area contributed by atoms with Gasteiger partial charge in [-0.3, -0.25) is 0 Å². The maximum absolute atomic E-state index is 4.39. The minimum absolute atomic E-state index is 1.06. The summed E-state index contributed by atoms with van der Waals surface area (Å²) in [6.07, 6.45) is 5.50. The zero-order chi connectivity index (χ0) is 8.67. The van der Waals surface area contributed by atoms with Gasteiger partial charge in [-0.05, 0) is 28.9 Å². The average Bonchev–Trinajstić information content (AvgIpc) is 2.65. The molecule has 0 amide bonds. The molecule has 0 N–H and O–H groups in total. The summed E-state index contributed by atoms with van der Waals surface area (Å²) in [4.78, 5) is 4.39. The van der Waals surface area contributed by atoms with Gasteiger partial charge in [0, 0.05) is 5.57 Å². The first-order valence-electron chi connectivity index (χ1n) is 4.10. The van der Waals surface area contributed by atoms with E-state index in [0.717, 1.165) is 6.42 Å². The van der Waals surface area contributed by atoms with E-state index in [1.807, 2.05) is 5.51 Å². The highest BCUT2D eigenvalue weighted by Gasteiger charge is 2.11. The van der Waals surface area contributed by atoms with Crippen LogP contribution >= 0.6 is 23.1 Å². The number of thioether (sulfide) groups is 1. The maximum atomic E-state index is 4.39. The first kappa shape index (κ1) is 7.59. The Bertz CT molecular complexity index is 519. The largest absolute Gasteiger partial charge is 0.244 e. The molecule has 13 heavy (non-hydrogen) atoms. The monoisotopic (exact) mass is 205 g/mol. The minimum atomic E-state index is 1.06. The van der Waals surface area contributed by atoms with Crippen molar-refractivity contribution in [2.45, 2.75) is 6.42 Å². The molecule has 3 heteroatoms. The second-order valence-electron chi connectivity index (χ2n) is 2.97. The Morgan fingerprint density at radius 2 is 2.38 bits per heavy atom. The Kier molecular flexibility index (Phi) is 1.67. The molecule has 1 aromatic rings. The van der Waals surface area contributed by atoms with Gasteiger partial charge in [-0.2, -0.15) is 0 Å². The summed E-state index contributed by atoms with van der Waals surface area (Å²) in [5.41, 5.74) is 4.65. The molecule has 0 saturated heterocycles. The SMILES string of the molecule is C1=CC2=c3ncsc3=CCC2=CS1. The van der Waals surface area contributed by atoms with E-state index in [1.54, 1.807) is 23.1 Å². The van der Waals surface area contributed by atoms with Crippen molar-refractivity contribution in [2.24, 2.45) is 0 Å². The molecule has 0 fully saturated rings. The van der Waals surface area contributed by atoms with E-state index in [-0.39, 0.29) is 0 Å². The third-order valence-electron chi connectivity index (χ3n) is 2.23. The van der Waals surface area contributed by atoms with Crippen LogP contribution in [0.25, 0.3) is 11.6 Å². The van der Waals surface area contributed by atoms with Crippen molar-refractivity contribution < 1.29 is 0 Å². The third kappa shape index (κ3) is 1.11. The van der Waals surface area contributed by atoms with E-state index < -0.39 is 0 Å². The number of hydrogen-bond donors (Lipinski definition) is 0. The molecule has 0 bridgehead atoms. The number of allylic oxidation sites excluding steroid dienone is 2. The number of aromatic nitrogens is 1. The highest BCUT2D eigenvalue weighted by atomic mass is 32.2. The average molecular weight is 205 g/mol. The summed E-state index contributed by atoms with van der Waals surface area (Å²) >= 11 is 3.48. The molecule has 0 unspecified atom stereocenters. The number of nitrogens with zero attached hydrogens (tertiary/aromatic N) is 1. The fourth-order valence-electron chi connectivity index (χ4n) is 1.59. The van der Waals surface area contributed by atoms with Crippen LogP contribution in [0.1, 0.15) is 6.42 Å². The summed E-state index contributed by atoms with van der Waals surface area (Å²) in [5.74, 6) is 0. The minimum Gasteiger partial charge on any atom is -0.244 e. The Morgan fingerprint density at radius 1 is 1.38 bits per heavy atom. The molecule has 0 aromatic carbocycles. The maximum Gasteiger partial charge on any atom is 0.0884 e. The number of rotatable bonds is 0. The molecule has 3 rings (SSSR count). The van der Waals surface area contributed by atoms with Crippen molar-refractivity contribution >= 4 is 34.7 Å². The normalized spacial score (nSPS) is 18.8. The predicted molar refractivity (Wildman–Crippen MR) is 58.7 cm³/mol. The molecule has 1 nitrogen and oxygen atoms in total. The predicted octanol–water partition coefficient (Wildman–Crippen LogP) is 1.62. The molecule has 0 spiro atoms. The Hall–Kier alpha value is -0.800. The quantitative estimate of drug-likeness (QED) is 0.638. The molecule has 0 radical (unpaired) electrons. The van der Waals surface area contributed by atoms with Crippen LogP contribution in [0.4, 0.5) is 0 Å². The van der Waals surface area contributed by atoms with Gasteiger partial charge in [-0.15, -0.1) is 23.1 Å². The van der Waals surface area contributed by atoms with Gasteiger partial charge >= 0.3 is 0 Å². The summed E-state index contributed by atoms with van der Waals surface area (Å²) in [6.45, 7) is 0. The molecule has 2 aliphatic rings. The van der Waals surface area contributed by atoms with Crippen LogP contribution < -0.4 is 9.88 Å². The lowest BCUT2D eigenvalue weighted by Crippen LogP contribution is -2.27. The number of fused-ring (bicyclic) bond motifs is 2. The second kappa shape index (κ2) is 2.86. The fourth-order valence-corrected chi connectivity index (χ4v) is 3.00. The summed E-state index contributed by atoms with van der Waals surface area (Å²) in [7, 11) is 0. The zero-order valence-electron chi connectivity index (χ0n) is 6.86. The van der Waals surface area contributed by atoms with Crippen molar-refractivity contribution in [3.8, 4) is 0 Å². The van der Waals surface area contributed by atoms with E-state index in [0.29, 0.717) is 0 Å². The molecule has 0 saturated carbocycles. The lowest BCUT2D eigenvalue weighted by atomic mass is 10.0. The van der Waals surface area contributed by atoms with Crippen LogP contribution in [0.5, 0.6) is 0 Å². The molecule has 1 aliphatic carbocycles. The summed E-state index contributed by atoms with van der Waals surface area (Å²) in [6, 6.07) is 0. The van der Waals surface area contributed by atoms with E-state index in [4.69, 9.17) is 0 Å². The first-order valence-corrected chi connectivity index (χ1v) is 5.93. The van der Waals surface area contributed by atoms with E-state index in [9.17, 15) is 0 Å². The molecule has 64 valence electrons. The van der Waals surface area contributed by atoms with Crippen molar-refractivity contribution in [3.63, 3.8) is 0 Å². The van der Waals surface area contributed by atoms with E-state index >= 15 is 0 Å². The van der Waals surface area contributed by atoms with Crippen LogP contribution in [0.3, 0.4) is 0 Å². The molecule has 1 aliphatic heterocycles. The Labute approximate surface area is 84.2 Å². The smallest absolute Gasteiger partial charge is 0.0884 e. The van der Waals surface area contributed by atoms with Gasteiger partial charge in [0.15, 0.2) is 0 Å². The molecule has 0 atom stereocenters. The Balaban J connectivity index is 2.45. The molecule has 2 heterocycles. The van der Waals surface area contributed by atoms with Gasteiger partial charge in [0.25, 0.3) is 0 Å². The van der Waals surface area contributed by atoms with Crippen molar-refractivity contribution in [2.75, 3.05) is 0 Å². The highest BCUT2D eigenvalue weighted by molar-refractivity contribution is 8.05. The topological polar surface area (TPSA) is 12.9 Å². The molecular formula is C10H7NS2.